The van der Waals surface area contributed by atoms with Crippen LogP contribution >= 0.6 is 0 Å². The van der Waals surface area contributed by atoms with Crippen molar-refractivity contribution >= 4 is 11.4 Å². The average molecular weight is 425 g/mol. The van der Waals surface area contributed by atoms with E-state index in [4.69, 9.17) is 14.9 Å². The zero-order valence-electron chi connectivity index (χ0n) is 18.4. The number of rotatable bonds is 7. The Morgan fingerprint density at radius 3 is 2.81 bits per heavy atom. The molecule has 3 N–H and O–H groups in total. The lowest BCUT2D eigenvalue weighted by atomic mass is 9.91. The summed E-state index contributed by atoms with van der Waals surface area (Å²) in [6.45, 7) is 5.67. The van der Waals surface area contributed by atoms with Gasteiger partial charge in [0.05, 0.1) is 44.0 Å². The Labute approximate surface area is 183 Å². The number of ether oxygens (including phenoxy) is 2. The number of hydrogen-bond acceptors (Lipinski definition) is 7. The first-order valence-electron chi connectivity index (χ1n) is 11.1. The van der Waals surface area contributed by atoms with E-state index in [1.54, 1.807) is 19.4 Å². The van der Waals surface area contributed by atoms with Crippen molar-refractivity contribution in [3.8, 4) is 5.88 Å². The SMILES string of the molecule is COc1ccc(C(=N)C2=C(Nc3cnn(C(C)C4CCNCC4)c3)CCOCC2)cn1. The lowest BCUT2D eigenvalue weighted by Gasteiger charge is -2.28. The van der Waals surface area contributed by atoms with Crippen molar-refractivity contribution in [1.29, 1.82) is 5.41 Å². The van der Waals surface area contributed by atoms with E-state index in [-0.39, 0.29) is 0 Å². The number of piperidine rings is 1. The summed E-state index contributed by atoms with van der Waals surface area (Å²) in [4.78, 5) is 4.26. The van der Waals surface area contributed by atoms with E-state index in [0.717, 1.165) is 42.0 Å². The molecule has 2 aliphatic rings. The molecule has 4 rings (SSSR count). The van der Waals surface area contributed by atoms with Gasteiger partial charge in [0, 0.05) is 36.1 Å². The third kappa shape index (κ3) is 5.14. The molecule has 2 aromatic rings. The van der Waals surface area contributed by atoms with Gasteiger partial charge in [0.1, 0.15) is 0 Å². The molecule has 4 heterocycles. The van der Waals surface area contributed by atoms with Crippen LogP contribution < -0.4 is 15.4 Å². The van der Waals surface area contributed by atoms with Crippen LogP contribution in [0.5, 0.6) is 5.88 Å². The molecule has 31 heavy (non-hydrogen) atoms. The van der Waals surface area contributed by atoms with Gasteiger partial charge in [0.15, 0.2) is 0 Å². The zero-order chi connectivity index (χ0) is 21.6. The van der Waals surface area contributed by atoms with Gasteiger partial charge in [0.2, 0.25) is 5.88 Å². The molecular formula is C23H32N6O2. The van der Waals surface area contributed by atoms with Crippen LogP contribution in [0.1, 0.15) is 44.2 Å². The molecule has 166 valence electrons. The van der Waals surface area contributed by atoms with Gasteiger partial charge in [-0.1, -0.05) is 0 Å². The van der Waals surface area contributed by atoms with Crippen molar-refractivity contribution in [2.24, 2.45) is 5.92 Å². The molecule has 0 spiro atoms. The molecule has 8 nitrogen and oxygen atoms in total. The van der Waals surface area contributed by atoms with Crippen molar-refractivity contribution in [3.05, 3.63) is 47.6 Å². The standard InChI is InChI=1S/C23H32N6O2/c1-16(17-5-9-25-10-6-17)29-15-19(14-27-29)28-21-8-12-31-11-7-20(21)23(24)18-3-4-22(30-2)26-13-18/h3-4,13-17,24-25,28H,5-12H2,1-2H3. The molecule has 0 amide bonds. The van der Waals surface area contributed by atoms with E-state index in [2.05, 4.69) is 38.5 Å². The predicted molar refractivity (Wildman–Crippen MR) is 121 cm³/mol. The van der Waals surface area contributed by atoms with Crippen LogP contribution in [0.15, 0.2) is 42.0 Å². The minimum Gasteiger partial charge on any atom is -0.481 e. The Kier molecular flexibility index (Phi) is 6.99. The monoisotopic (exact) mass is 424 g/mol. The zero-order valence-corrected chi connectivity index (χ0v) is 18.4. The van der Waals surface area contributed by atoms with E-state index in [1.807, 2.05) is 12.3 Å². The highest BCUT2D eigenvalue weighted by atomic mass is 16.5. The van der Waals surface area contributed by atoms with Crippen molar-refractivity contribution in [2.75, 3.05) is 38.7 Å². The summed E-state index contributed by atoms with van der Waals surface area (Å²) in [6.07, 6.45) is 9.44. The Morgan fingerprint density at radius 1 is 1.26 bits per heavy atom. The lowest BCUT2D eigenvalue weighted by Crippen LogP contribution is -2.31. The molecule has 1 saturated heterocycles. The summed E-state index contributed by atoms with van der Waals surface area (Å²) in [6, 6.07) is 4.03. The molecule has 8 heteroatoms. The number of hydrogen-bond donors (Lipinski definition) is 3. The highest BCUT2D eigenvalue weighted by Gasteiger charge is 2.22. The molecule has 0 radical (unpaired) electrons. The highest BCUT2D eigenvalue weighted by Crippen LogP contribution is 2.28. The quantitative estimate of drug-likeness (QED) is 0.590. The summed E-state index contributed by atoms with van der Waals surface area (Å²) in [5.74, 6) is 1.19. The van der Waals surface area contributed by atoms with E-state index in [0.29, 0.717) is 43.2 Å². The second-order valence-electron chi connectivity index (χ2n) is 8.20. The minimum absolute atomic E-state index is 0.368. The maximum atomic E-state index is 8.79. The summed E-state index contributed by atoms with van der Waals surface area (Å²) in [5, 5.41) is 20.4. The second kappa shape index (κ2) is 10.1. The number of pyridine rings is 1. The van der Waals surface area contributed by atoms with Crippen molar-refractivity contribution < 1.29 is 9.47 Å². The molecule has 1 unspecified atom stereocenters. The number of nitrogens with zero attached hydrogens (tertiary/aromatic N) is 3. The fourth-order valence-electron chi connectivity index (χ4n) is 4.33. The molecule has 0 saturated carbocycles. The van der Waals surface area contributed by atoms with Crippen molar-refractivity contribution in [3.63, 3.8) is 0 Å². The Hall–Kier alpha value is -2.71. The van der Waals surface area contributed by atoms with Crippen molar-refractivity contribution in [2.45, 2.75) is 38.6 Å². The molecule has 2 aromatic heterocycles. The molecule has 0 aliphatic carbocycles. The largest absolute Gasteiger partial charge is 0.481 e. The maximum absolute atomic E-state index is 8.79. The lowest BCUT2D eigenvalue weighted by molar-refractivity contribution is 0.146. The smallest absolute Gasteiger partial charge is 0.212 e. The van der Waals surface area contributed by atoms with E-state index >= 15 is 0 Å². The van der Waals surface area contributed by atoms with Crippen LogP contribution in [0.4, 0.5) is 5.69 Å². The fraction of sp³-hybridized carbons (Fsp3) is 0.522. The van der Waals surface area contributed by atoms with Gasteiger partial charge < -0.3 is 20.1 Å². The average Bonchev–Trinajstić information content (AvgIpc) is 3.16. The molecule has 1 atom stereocenters. The fourth-order valence-corrected chi connectivity index (χ4v) is 4.33. The molecule has 0 bridgehead atoms. The van der Waals surface area contributed by atoms with Gasteiger partial charge in [0.25, 0.3) is 0 Å². The second-order valence-corrected chi connectivity index (χ2v) is 8.20. The summed E-state index contributed by atoms with van der Waals surface area (Å²) in [5.41, 5.74) is 4.18. The van der Waals surface area contributed by atoms with E-state index in [9.17, 15) is 0 Å². The topological polar surface area (TPSA) is 97.1 Å². The Bertz CT molecular complexity index is 914. The molecule has 2 aliphatic heterocycles. The molecule has 0 aromatic carbocycles. The highest BCUT2D eigenvalue weighted by molar-refractivity contribution is 6.11. The number of anilines is 1. The van der Waals surface area contributed by atoms with Gasteiger partial charge in [-0.3, -0.25) is 10.1 Å². The summed E-state index contributed by atoms with van der Waals surface area (Å²) < 4.78 is 12.9. The van der Waals surface area contributed by atoms with Gasteiger partial charge in [-0.25, -0.2) is 4.98 Å². The third-order valence-corrected chi connectivity index (χ3v) is 6.27. The van der Waals surface area contributed by atoms with Crippen LogP contribution in [0.25, 0.3) is 0 Å². The van der Waals surface area contributed by atoms with Crippen molar-refractivity contribution in [1.82, 2.24) is 20.1 Å². The van der Waals surface area contributed by atoms with Gasteiger partial charge in [-0.05, 0) is 56.8 Å². The summed E-state index contributed by atoms with van der Waals surface area (Å²) in [7, 11) is 1.59. The Balaban J connectivity index is 1.53. The molecule has 1 fully saturated rings. The predicted octanol–water partition coefficient (Wildman–Crippen LogP) is 3.39. The van der Waals surface area contributed by atoms with Gasteiger partial charge >= 0.3 is 0 Å². The van der Waals surface area contributed by atoms with E-state index < -0.39 is 0 Å². The van der Waals surface area contributed by atoms with Crippen LogP contribution in [-0.4, -0.2) is 53.9 Å². The van der Waals surface area contributed by atoms with Gasteiger partial charge in [-0.15, -0.1) is 0 Å². The first-order chi connectivity index (χ1) is 15.2. The van der Waals surface area contributed by atoms with Crippen LogP contribution in [0.3, 0.4) is 0 Å². The summed E-state index contributed by atoms with van der Waals surface area (Å²) >= 11 is 0. The number of methoxy groups -OCH3 is 1. The normalized spacial score (nSPS) is 19.0. The minimum atomic E-state index is 0.368. The van der Waals surface area contributed by atoms with E-state index in [1.165, 1.54) is 12.8 Å². The third-order valence-electron chi connectivity index (χ3n) is 6.27. The van der Waals surface area contributed by atoms with Crippen LogP contribution in [0.2, 0.25) is 0 Å². The number of aromatic nitrogens is 3. The first-order valence-corrected chi connectivity index (χ1v) is 11.1. The maximum Gasteiger partial charge on any atom is 0.212 e. The van der Waals surface area contributed by atoms with Crippen LogP contribution in [-0.2, 0) is 4.74 Å². The van der Waals surface area contributed by atoms with Gasteiger partial charge in [-0.2, -0.15) is 5.10 Å². The van der Waals surface area contributed by atoms with Crippen LogP contribution in [0, 0.1) is 11.3 Å². The molecular weight excluding hydrogens is 392 g/mol. The Morgan fingerprint density at radius 2 is 2.06 bits per heavy atom. The number of nitrogens with one attached hydrogen (secondary N) is 3. The first kappa shape index (κ1) is 21.5.